The fourth-order valence-electron chi connectivity index (χ4n) is 3.61. The number of carbonyl (C=O) groups excluding carboxylic acids is 1. The van der Waals surface area contributed by atoms with Gasteiger partial charge in [-0.1, -0.05) is 41.9 Å². The van der Waals surface area contributed by atoms with Crippen LogP contribution in [0.4, 0.5) is 24.0 Å². The van der Waals surface area contributed by atoms with E-state index in [4.69, 9.17) is 21.7 Å². The Morgan fingerprint density at radius 1 is 1.03 bits per heavy atom. The van der Waals surface area contributed by atoms with Crippen LogP contribution in [-0.2, 0) is 11.3 Å². The molecule has 0 atom stereocenters. The highest BCUT2D eigenvalue weighted by Gasteiger charge is 2.29. The standard InChI is InChI=1S/C27H21ClF3N3O3S2/c28-22-4-2-1-3-21(22)23-16-38-26(33-23)34(19-9-11-20(12-10-19)39-27(29,30)31)15-17-5-7-18(8-6-17)25(37)32-14-13-24(35)36/h1-12,16H,13-15H2,(H,32,37)(H,35,36). The molecule has 1 aromatic heterocycles. The molecule has 2 N–H and O–H groups in total. The van der Waals surface area contributed by atoms with Crippen LogP contribution in [-0.4, -0.2) is 34.0 Å². The molecule has 0 saturated heterocycles. The molecular weight excluding hydrogens is 571 g/mol. The van der Waals surface area contributed by atoms with E-state index in [1.165, 1.54) is 23.5 Å². The zero-order chi connectivity index (χ0) is 28.0. The fraction of sp³-hybridized carbons (Fsp3) is 0.148. The van der Waals surface area contributed by atoms with Crippen molar-refractivity contribution in [3.8, 4) is 11.3 Å². The largest absolute Gasteiger partial charge is 0.481 e. The van der Waals surface area contributed by atoms with Crippen molar-refractivity contribution in [3.05, 3.63) is 94.3 Å². The van der Waals surface area contributed by atoms with E-state index in [1.807, 2.05) is 28.5 Å². The number of anilines is 2. The molecule has 1 heterocycles. The Bertz CT molecular complexity index is 1450. The highest BCUT2D eigenvalue weighted by Crippen LogP contribution is 2.39. The maximum Gasteiger partial charge on any atom is 0.446 e. The molecule has 0 bridgehead atoms. The molecule has 4 aromatic rings. The summed E-state index contributed by atoms with van der Waals surface area (Å²) in [6.45, 7) is 0.340. The van der Waals surface area contributed by atoms with E-state index < -0.39 is 11.5 Å². The highest BCUT2D eigenvalue weighted by molar-refractivity contribution is 8.00. The maximum absolute atomic E-state index is 12.8. The zero-order valence-corrected chi connectivity index (χ0v) is 22.5. The van der Waals surface area contributed by atoms with Crippen LogP contribution in [0.25, 0.3) is 11.3 Å². The van der Waals surface area contributed by atoms with Gasteiger partial charge in [-0.25, -0.2) is 4.98 Å². The summed E-state index contributed by atoms with van der Waals surface area (Å²) >= 11 is 7.53. The van der Waals surface area contributed by atoms with Crippen molar-refractivity contribution in [2.24, 2.45) is 0 Å². The Morgan fingerprint density at radius 3 is 2.36 bits per heavy atom. The zero-order valence-electron chi connectivity index (χ0n) is 20.1. The Labute approximate surface area is 235 Å². The third kappa shape index (κ3) is 7.98. The maximum atomic E-state index is 12.8. The summed E-state index contributed by atoms with van der Waals surface area (Å²) in [6.07, 6.45) is -0.178. The molecule has 1 amide bonds. The van der Waals surface area contributed by atoms with Gasteiger partial charge >= 0.3 is 11.5 Å². The van der Waals surface area contributed by atoms with Crippen molar-refractivity contribution >= 4 is 57.4 Å². The molecule has 0 aliphatic carbocycles. The molecule has 4 rings (SSSR count). The van der Waals surface area contributed by atoms with Crippen LogP contribution in [0.3, 0.4) is 0 Å². The lowest BCUT2D eigenvalue weighted by Gasteiger charge is -2.23. The van der Waals surface area contributed by atoms with Crippen molar-refractivity contribution in [2.75, 3.05) is 11.4 Å². The number of alkyl halides is 3. The summed E-state index contributed by atoms with van der Waals surface area (Å²) in [5.74, 6) is -1.39. The van der Waals surface area contributed by atoms with Crippen molar-refractivity contribution in [1.82, 2.24) is 10.3 Å². The number of aromatic nitrogens is 1. The molecule has 0 saturated carbocycles. The lowest BCUT2D eigenvalue weighted by Crippen LogP contribution is -2.26. The van der Waals surface area contributed by atoms with E-state index in [9.17, 15) is 22.8 Å². The summed E-state index contributed by atoms with van der Waals surface area (Å²) in [4.78, 5) is 29.6. The van der Waals surface area contributed by atoms with Gasteiger partial charge in [0.2, 0.25) is 0 Å². The number of nitrogens with zero attached hydrogens (tertiary/aromatic N) is 2. The van der Waals surface area contributed by atoms with Gasteiger partial charge in [0.15, 0.2) is 5.13 Å². The first-order chi connectivity index (χ1) is 18.6. The number of carboxylic acids is 1. The second-order valence-electron chi connectivity index (χ2n) is 8.22. The van der Waals surface area contributed by atoms with Gasteiger partial charge in [0, 0.05) is 38.7 Å². The number of hydrogen-bond acceptors (Lipinski definition) is 6. The predicted octanol–water partition coefficient (Wildman–Crippen LogP) is 7.62. The molecular formula is C27H21ClF3N3O3S2. The number of carboxylic acid groups (broad SMARTS) is 1. The molecule has 12 heteroatoms. The third-order valence-corrected chi connectivity index (χ3v) is 7.37. The molecule has 3 aromatic carbocycles. The number of nitrogens with one attached hydrogen (secondary N) is 1. The van der Waals surface area contributed by atoms with Crippen LogP contribution in [0, 0.1) is 0 Å². The topological polar surface area (TPSA) is 82.5 Å². The molecule has 39 heavy (non-hydrogen) atoms. The summed E-state index contributed by atoms with van der Waals surface area (Å²) in [7, 11) is 0. The predicted molar refractivity (Wildman–Crippen MR) is 148 cm³/mol. The van der Waals surface area contributed by atoms with E-state index in [1.54, 1.807) is 42.5 Å². The van der Waals surface area contributed by atoms with Crippen LogP contribution < -0.4 is 10.2 Å². The number of carbonyl (C=O) groups is 2. The second-order valence-corrected chi connectivity index (χ2v) is 10.6. The minimum Gasteiger partial charge on any atom is -0.481 e. The van der Waals surface area contributed by atoms with Gasteiger partial charge in [0.25, 0.3) is 5.91 Å². The average molecular weight is 592 g/mol. The molecule has 0 fully saturated rings. The average Bonchev–Trinajstić information content (AvgIpc) is 3.37. The Balaban J connectivity index is 1.59. The molecule has 0 spiro atoms. The molecule has 6 nitrogen and oxygen atoms in total. The quantitative estimate of drug-likeness (QED) is 0.185. The number of thiazole rings is 1. The lowest BCUT2D eigenvalue weighted by molar-refractivity contribution is -0.136. The van der Waals surface area contributed by atoms with Gasteiger partial charge in [-0.3, -0.25) is 9.59 Å². The van der Waals surface area contributed by atoms with Gasteiger partial charge in [-0.05, 0) is 59.8 Å². The van der Waals surface area contributed by atoms with Gasteiger partial charge in [-0.15, -0.1) is 11.3 Å². The van der Waals surface area contributed by atoms with Crippen LogP contribution >= 0.6 is 34.7 Å². The first kappa shape index (κ1) is 28.5. The van der Waals surface area contributed by atoms with E-state index in [-0.39, 0.29) is 35.5 Å². The van der Waals surface area contributed by atoms with Crippen molar-refractivity contribution in [2.45, 2.75) is 23.4 Å². The molecule has 202 valence electrons. The van der Waals surface area contributed by atoms with Crippen molar-refractivity contribution < 1.29 is 27.9 Å². The van der Waals surface area contributed by atoms with E-state index in [2.05, 4.69) is 5.32 Å². The summed E-state index contributed by atoms with van der Waals surface area (Å²) in [5.41, 5.74) is -1.13. The SMILES string of the molecule is O=C(O)CCNC(=O)c1ccc(CN(c2ccc(SC(F)(F)F)cc2)c2nc(-c3ccccc3Cl)cs2)cc1. The first-order valence-corrected chi connectivity index (χ1v) is 13.6. The lowest BCUT2D eigenvalue weighted by atomic mass is 10.1. The molecule has 0 aliphatic rings. The van der Waals surface area contributed by atoms with Gasteiger partial charge in [-0.2, -0.15) is 13.2 Å². The number of thioether (sulfide) groups is 1. The van der Waals surface area contributed by atoms with Gasteiger partial charge in [0.1, 0.15) is 0 Å². The minimum atomic E-state index is -4.39. The highest BCUT2D eigenvalue weighted by atomic mass is 35.5. The third-order valence-electron chi connectivity index (χ3n) is 5.44. The Kier molecular flexibility index (Phi) is 9.16. The van der Waals surface area contributed by atoms with Crippen molar-refractivity contribution in [1.29, 1.82) is 0 Å². The Hall–Kier alpha value is -3.54. The number of aliphatic carboxylic acids is 1. The summed E-state index contributed by atoms with van der Waals surface area (Å²) in [6, 6.07) is 20.1. The number of rotatable bonds is 10. The second kappa shape index (κ2) is 12.5. The summed E-state index contributed by atoms with van der Waals surface area (Å²) < 4.78 is 38.5. The number of benzene rings is 3. The van der Waals surface area contributed by atoms with Gasteiger partial charge in [0.05, 0.1) is 18.7 Å². The van der Waals surface area contributed by atoms with Crippen LogP contribution in [0.1, 0.15) is 22.3 Å². The molecule has 0 aliphatic heterocycles. The fourth-order valence-corrected chi connectivity index (χ4v) is 5.22. The molecule has 0 radical (unpaired) electrons. The number of hydrogen-bond donors (Lipinski definition) is 2. The Morgan fingerprint density at radius 2 is 1.72 bits per heavy atom. The monoisotopic (exact) mass is 591 g/mol. The van der Waals surface area contributed by atoms with E-state index in [0.717, 1.165) is 11.1 Å². The smallest absolute Gasteiger partial charge is 0.446 e. The van der Waals surface area contributed by atoms with Crippen LogP contribution in [0.15, 0.2) is 83.1 Å². The number of halogens is 4. The van der Waals surface area contributed by atoms with Crippen LogP contribution in [0.5, 0.6) is 0 Å². The normalized spacial score (nSPS) is 11.3. The van der Waals surface area contributed by atoms with Gasteiger partial charge < -0.3 is 15.3 Å². The van der Waals surface area contributed by atoms with Crippen LogP contribution in [0.2, 0.25) is 5.02 Å². The number of amides is 1. The molecule has 0 unspecified atom stereocenters. The first-order valence-electron chi connectivity index (χ1n) is 11.5. The van der Waals surface area contributed by atoms with E-state index >= 15 is 0 Å². The van der Waals surface area contributed by atoms with Crippen molar-refractivity contribution in [3.63, 3.8) is 0 Å². The van der Waals surface area contributed by atoms with E-state index in [0.29, 0.717) is 33.6 Å². The minimum absolute atomic E-state index is 0.0180. The summed E-state index contributed by atoms with van der Waals surface area (Å²) in [5, 5.41) is 14.3.